The Labute approximate surface area is 286 Å². The number of hydrogen-bond donors (Lipinski definition) is 1. The van der Waals surface area contributed by atoms with Crippen LogP contribution in [0.5, 0.6) is 0 Å². The summed E-state index contributed by atoms with van der Waals surface area (Å²) in [6.45, 7) is 0. The van der Waals surface area contributed by atoms with Crippen molar-refractivity contribution in [3.8, 4) is 0 Å². The molecule has 9 nitrogen and oxygen atoms in total. The second-order valence-electron chi connectivity index (χ2n) is 9.34. The van der Waals surface area contributed by atoms with Gasteiger partial charge in [0.2, 0.25) is 0 Å². The van der Waals surface area contributed by atoms with Gasteiger partial charge in [0, 0.05) is 5.39 Å². The fourth-order valence-corrected chi connectivity index (χ4v) is 7.61. The van der Waals surface area contributed by atoms with Crippen LogP contribution < -0.4 is 4.90 Å². The molecule has 0 radical (unpaired) electrons. The Morgan fingerprint density at radius 2 is 1.07 bits per heavy atom. The van der Waals surface area contributed by atoms with E-state index in [2.05, 4.69) is 4.98 Å². The van der Waals surface area contributed by atoms with E-state index in [0.29, 0.717) is 4.90 Å². The number of Topliss-reactive ketones (excluding diaryl/α,β-unsaturated/α-hetero) is 2. The van der Waals surface area contributed by atoms with Crippen molar-refractivity contribution in [1.29, 1.82) is 0 Å². The molecule has 3 aromatic carbocycles. The Hall–Kier alpha value is -2.22. The van der Waals surface area contributed by atoms with Crippen LogP contribution in [0.15, 0.2) is 29.2 Å². The summed E-state index contributed by atoms with van der Waals surface area (Å²) in [5, 5.41) is -2.52. The number of nitrogens with zero attached hydrogens (tertiary/aromatic N) is 2. The smallest absolute Gasteiger partial charge is 0.293 e. The zero-order chi connectivity index (χ0) is 32.3. The van der Waals surface area contributed by atoms with Gasteiger partial charge in [-0.05, 0) is 18.2 Å². The fourth-order valence-electron chi connectivity index (χ4n) is 5.02. The van der Waals surface area contributed by atoms with E-state index in [1.807, 2.05) is 0 Å². The second kappa shape index (κ2) is 10.7. The molecule has 1 aliphatic carbocycles. The molecule has 0 fully saturated rings. The predicted octanol–water partition coefficient (Wildman–Crippen LogP) is 8.67. The van der Waals surface area contributed by atoms with Crippen LogP contribution >= 0.6 is 92.8 Å². The van der Waals surface area contributed by atoms with Gasteiger partial charge in [-0.3, -0.25) is 23.7 Å². The molecular weight excluding hydrogens is 768 g/mol. The van der Waals surface area contributed by atoms with Crippen LogP contribution in [0.1, 0.15) is 53.0 Å². The zero-order valence-electron chi connectivity index (χ0n) is 20.6. The van der Waals surface area contributed by atoms with Gasteiger partial charge in [0.15, 0.2) is 11.6 Å². The molecule has 0 spiro atoms. The maximum atomic E-state index is 13.6. The first-order valence-corrected chi connectivity index (χ1v) is 16.1. The largest absolute Gasteiger partial charge is 0.294 e. The molecule has 2 aliphatic rings. The number of carbonyl (C=O) groups excluding carboxylic acids is 4. The number of pyridine rings is 1. The van der Waals surface area contributed by atoms with Gasteiger partial charge in [0.05, 0.1) is 84.2 Å². The van der Waals surface area contributed by atoms with Gasteiger partial charge in [0.25, 0.3) is 21.9 Å². The van der Waals surface area contributed by atoms with Crippen molar-refractivity contribution in [2.24, 2.45) is 0 Å². The summed E-state index contributed by atoms with van der Waals surface area (Å²) in [6, 6.07) is 4.28. The molecule has 2 amide bonds. The number of anilines is 1. The summed E-state index contributed by atoms with van der Waals surface area (Å²) >= 11 is 49.4. The number of benzene rings is 3. The minimum Gasteiger partial charge on any atom is -0.293 e. The third-order valence-corrected chi connectivity index (χ3v) is 11.4. The number of amides is 2. The summed E-state index contributed by atoms with van der Waals surface area (Å²) in [7, 11) is -4.91. The van der Waals surface area contributed by atoms with E-state index in [0.717, 1.165) is 12.1 Å². The highest BCUT2D eigenvalue weighted by atomic mass is 35.5. The normalized spacial score (nSPS) is 15.2. The Balaban J connectivity index is 1.60. The molecule has 224 valence electrons. The van der Waals surface area contributed by atoms with Crippen molar-refractivity contribution in [3.63, 3.8) is 0 Å². The van der Waals surface area contributed by atoms with Gasteiger partial charge in [0.1, 0.15) is 5.92 Å². The fraction of sp³-hybridized carbons (Fsp3) is 0.0385. The first kappa shape index (κ1) is 31.7. The van der Waals surface area contributed by atoms with Crippen LogP contribution in [0.3, 0.4) is 0 Å². The average molecular weight is 774 g/mol. The number of ketones is 2. The summed E-state index contributed by atoms with van der Waals surface area (Å²) < 4.78 is 34.2. The summed E-state index contributed by atoms with van der Waals surface area (Å²) in [4.78, 5) is 58.5. The van der Waals surface area contributed by atoms with Crippen molar-refractivity contribution in [1.82, 2.24) is 4.98 Å². The third kappa shape index (κ3) is 4.39. The lowest BCUT2D eigenvalue weighted by Gasteiger charge is -2.18. The standard InChI is InChI=1S/C26H6Cl8N2O7S/c27-14-10-11(15(28)19(32)18(14)31)24(38)9(23(10)37)7-2-1-5-3-6(44(41,42)43)4-8(22(5)35-7)36-25(39)12-13(26(36)40)17(30)21(34)20(33)16(12)29/h1-4,9H,(H,41,42,43). The van der Waals surface area contributed by atoms with Crippen LogP contribution in [0.25, 0.3) is 10.9 Å². The molecule has 0 unspecified atom stereocenters. The van der Waals surface area contributed by atoms with Crippen LogP contribution in [0, 0.1) is 0 Å². The summed E-state index contributed by atoms with van der Waals surface area (Å²) in [5.74, 6) is -5.42. The number of imide groups is 1. The maximum absolute atomic E-state index is 13.6. The van der Waals surface area contributed by atoms with E-state index in [1.54, 1.807) is 0 Å². The van der Waals surface area contributed by atoms with E-state index in [-0.39, 0.29) is 57.9 Å². The summed E-state index contributed by atoms with van der Waals surface area (Å²) in [6.07, 6.45) is 0. The Bertz CT molecular complexity index is 2150. The molecule has 2 heterocycles. The molecule has 44 heavy (non-hydrogen) atoms. The van der Waals surface area contributed by atoms with Crippen LogP contribution in [0.2, 0.25) is 40.2 Å². The maximum Gasteiger partial charge on any atom is 0.294 e. The lowest BCUT2D eigenvalue weighted by molar-refractivity contribution is 0.0882. The Kier molecular flexibility index (Phi) is 7.70. The molecule has 6 rings (SSSR count). The molecule has 0 bridgehead atoms. The molecule has 1 N–H and O–H groups in total. The summed E-state index contributed by atoms with van der Waals surface area (Å²) in [5.41, 5.74) is -2.30. The molecule has 1 aliphatic heterocycles. The van der Waals surface area contributed by atoms with Crippen molar-refractivity contribution in [3.05, 3.63) is 92.4 Å². The number of hydrogen-bond acceptors (Lipinski definition) is 7. The number of rotatable bonds is 3. The van der Waals surface area contributed by atoms with Crippen LogP contribution in [-0.4, -0.2) is 41.3 Å². The number of fused-ring (bicyclic) bond motifs is 3. The average Bonchev–Trinajstić information content (AvgIpc) is 3.39. The van der Waals surface area contributed by atoms with Gasteiger partial charge < -0.3 is 0 Å². The molecule has 0 atom stereocenters. The second-order valence-corrected chi connectivity index (χ2v) is 13.8. The van der Waals surface area contributed by atoms with Crippen molar-refractivity contribution in [2.75, 3.05) is 4.90 Å². The van der Waals surface area contributed by atoms with Crippen LogP contribution in [0.4, 0.5) is 5.69 Å². The lowest BCUT2D eigenvalue weighted by Crippen LogP contribution is -2.30. The van der Waals surface area contributed by atoms with Gasteiger partial charge >= 0.3 is 0 Å². The monoisotopic (exact) mass is 770 g/mol. The minimum atomic E-state index is -4.91. The Morgan fingerprint density at radius 1 is 0.636 bits per heavy atom. The van der Waals surface area contributed by atoms with Gasteiger partial charge in [-0.1, -0.05) is 98.9 Å². The predicted molar refractivity (Wildman–Crippen MR) is 167 cm³/mol. The quantitative estimate of drug-likeness (QED) is 0.0718. The first-order chi connectivity index (χ1) is 20.5. The van der Waals surface area contributed by atoms with Gasteiger partial charge in [-0.2, -0.15) is 8.42 Å². The topological polar surface area (TPSA) is 139 Å². The highest BCUT2D eigenvalue weighted by Crippen LogP contribution is 2.49. The first-order valence-electron chi connectivity index (χ1n) is 11.6. The number of carbonyl (C=O) groups is 4. The van der Waals surface area contributed by atoms with E-state index >= 15 is 0 Å². The molecule has 18 heteroatoms. The molecular formula is C26H6Cl8N2O7S. The van der Waals surface area contributed by atoms with Crippen molar-refractivity contribution >= 4 is 143 Å². The zero-order valence-corrected chi connectivity index (χ0v) is 27.5. The Morgan fingerprint density at radius 3 is 1.50 bits per heavy atom. The molecule has 1 aromatic heterocycles. The van der Waals surface area contributed by atoms with E-state index < -0.39 is 71.2 Å². The third-order valence-electron chi connectivity index (χ3n) is 6.99. The minimum absolute atomic E-state index is 0.0266. The van der Waals surface area contributed by atoms with Gasteiger partial charge in [-0.25, -0.2) is 9.88 Å². The van der Waals surface area contributed by atoms with Crippen molar-refractivity contribution < 1.29 is 32.1 Å². The SMILES string of the molecule is O=C1c2c(Cl)c(Cl)c(Cl)c(Cl)c2C(=O)C1c1ccc2cc(S(=O)(=O)O)cc(N3C(=O)c4c(Cl)c(Cl)c(Cl)c(Cl)c4C3=O)c2n1. The number of aromatic nitrogens is 1. The van der Waals surface area contributed by atoms with Crippen LogP contribution in [-0.2, 0) is 10.1 Å². The highest BCUT2D eigenvalue weighted by molar-refractivity contribution is 7.85. The number of halogens is 8. The van der Waals surface area contributed by atoms with E-state index in [9.17, 15) is 32.1 Å². The van der Waals surface area contributed by atoms with Crippen molar-refractivity contribution in [2.45, 2.75) is 10.8 Å². The van der Waals surface area contributed by atoms with E-state index in [4.69, 9.17) is 92.8 Å². The lowest BCUT2D eigenvalue weighted by atomic mass is 9.98. The van der Waals surface area contributed by atoms with E-state index in [1.165, 1.54) is 12.1 Å². The molecule has 0 saturated heterocycles. The molecule has 4 aromatic rings. The highest BCUT2D eigenvalue weighted by Gasteiger charge is 2.46. The molecule has 0 saturated carbocycles. The van der Waals surface area contributed by atoms with Gasteiger partial charge in [-0.15, -0.1) is 0 Å².